The van der Waals surface area contributed by atoms with Crippen molar-refractivity contribution >= 4 is 18.4 Å². The van der Waals surface area contributed by atoms with E-state index in [2.05, 4.69) is 34.8 Å². The van der Waals surface area contributed by atoms with E-state index < -0.39 is 0 Å². The molecule has 0 aliphatic carbocycles. The average molecular weight is 190 g/mol. The highest BCUT2D eigenvalue weighted by Gasteiger charge is 1.98. The third-order valence-corrected chi connectivity index (χ3v) is 1.41. The van der Waals surface area contributed by atoms with E-state index in [1.807, 2.05) is 0 Å². The Morgan fingerprint density at radius 1 is 1.43 bits per heavy atom. The van der Waals surface area contributed by atoms with E-state index in [9.17, 15) is 0 Å². The molecule has 0 aliphatic rings. The molecule has 4 heteroatoms. The van der Waals surface area contributed by atoms with Crippen molar-refractivity contribution in [2.24, 2.45) is 9.98 Å². The average Bonchev–Trinajstić information content (AvgIpc) is 2.25. The summed E-state index contributed by atoms with van der Waals surface area (Å²) in [6.45, 7) is 9.39. The molecule has 1 rings (SSSR count). The Balaban J connectivity index is 0.000000791. The second-order valence-corrected chi connectivity index (χ2v) is 2.18. The second kappa shape index (κ2) is 6.54. The first kappa shape index (κ1) is 12.0. The normalized spacial score (nSPS) is 9.93. The molecule has 74 valence electrons. The molecule has 0 fully saturated rings. The molecule has 0 radical (unpaired) electrons. The largest absolute Gasteiger partial charge is 0.384 e. The van der Waals surface area contributed by atoms with Crippen LogP contribution in [0.25, 0.3) is 0 Å². The van der Waals surface area contributed by atoms with Crippen molar-refractivity contribution in [1.82, 2.24) is 4.98 Å². The quantitative estimate of drug-likeness (QED) is 0.415. The van der Waals surface area contributed by atoms with Gasteiger partial charge in [0.1, 0.15) is 5.82 Å². The van der Waals surface area contributed by atoms with Gasteiger partial charge in [0.15, 0.2) is 5.84 Å². The van der Waals surface area contributed by atoms with Crippen molar-refractivity contribution in [3.8, 4) is 0 Å². The first-order chi connectivity index (χ1) is 6.77. The highest BCUT2D eigenvalue weighted by atomic mass is 14.9. The van der Waals surface area contributed by atoms with Crippen LogP contribution in [0.15, 0.2) is 41.5 Å². The summed E-state index contributed by atoms with van der Waals surface area (Å²) < 4.78 is 0. The van der Waals surface area contributed by atoms with E-state index in [1.54, 1.807) is 25.4 Å². The number of aromatic nitrogens is 1. The lowest BCUT2D eigenvalue weighted by atomic mass is 10.2. The molecule has 0 amide bonds. The molecule has 0 atom stereocenters. The van der Waals surface area contributed by atoms with Crippen LogP contribution in [-0.4, -0.2) is 24.6 Å². The third kappa shape index (κ3) is 3.18. The molecule has 1 aromatic heterocycles. The fraction of sp³-hybridized carbons (Fsp3) is 0.100. The number of nitrogen functional groups attached to an aromatic ring is 1. The van der Waals surface area contributed by atoms with Crippen LogP contribution in [0.5, 0.6) is 0 Å². The van der Waals surface area contributed by atoms with Gasteiger partial charge in [0.25, 0.3) is 0 Å². The number of nitrogens with zero attached hydrogens (tertiary/aromatic N) is 3. The van der Waals surface area contributed by atoms with Gasteiger partial charge >= 0.3 is 0 Å². The van der Waals surface area contributed by atoms with Gasteiger partial charge in [-0.15, -0.1) is 13.2 Å². The Bertz CT molecular complexity index is 313. The fourth-order valence-electron chi connectivity index (χ4n) is 0.829. The molecular weight excluding hydrogens is 176 g/mol. The molecular formula is C10H14N4. The number of aliphatic imine (C=N–C) groups is 2. The molecule has 2 N–H and O–H groups in total. The standard InChI is InChI=1S/C8H10N4.C2H4/c1-10-8(11-2)6-3-4-7(9)12-5-6;1-2/h3-5H,1H2,2H3,(H2,9,12);1-2H2. The molecule has 0 saturated heterocycles. The van der Waals surface area contributed by atoms with Crippen LogP contribution in [0.1, 0.15) is 5.56 Å². The Morgan fingerprint density at radius 3 is 2.43 bits per heavy atom. The molecule has 14 heavy (non-hydrogen) atoms. The first-order valence-electron chi connectivity index (χ1n) is 3.93. The van der Waals surface area contributed by atoms with Gasteiger partial charge in [-0.3, -0.25) is 4.99 Å². The zero-order chi connectivity index (χ0) is 11.0. The molecule has 0 saturated carbocycles. The van der Waals surface area contributed by atoms with Gasteiger partial charge in [-0.2, -0.15) is 0 Å². The number of hydrogen-bond acceptors (Lipinski definition) is 3. The number of hydrogen-bond donors (Lipinski definition) is 1. The van der Waals surface area contributed by atoms with Crippen molar-refractivity contribution < 1.29 is 0 Å². The van der Waals surface area contributed by atoms with Crippen LogP contribution >= 0.6 is 0 Å². The summed E-state index contributed by atoms with van der Waals surface area (Å²) >= 11 is 0. The van der Waals surface area contributed by atoms with Crippen LogP contribution < -0.4 is 5.73 Å². The lowest BCUT2D eigenvalue weighted by molar-refractivity contribution is 1.30. The van der Waals surface area contributed by atoms with E-state index in [1.165, 1.54) is 0 Å². The molecule has 0 unspecified atom stereocenters. The lowest BCUT2D eigenvalue weighted by Crippen LogP contribution is -1.98. The third-order valence-electron chi connectivity index (χ3n) is 1.41. The van der Waals surface area contributed by atoms with Crippen molar-refractivity contribution in [2.75, 3.05) is 12.8 Å². The van der Waals surface area contributed by atoms with Crippen LogP contribution in [0.3, 0.4) is 0 Å². The Labute approximate surface area is 83.9 Å². The number of nitrogens with two attached hydrogens (primary N) is 1. The summed E-state index contributed by atoms with van der Waals surface area (Å²) in [5.74, 6) is 1.06. The lowest BCUT2D eigenvalue weighted by Gasteiger charge is -1.98. The fourth-order valence-corrected chi connectivity index (χ4v) is 0.829. The van der Waals surface area contributed by atoms with Gasteiger partial charge in [-0.05, 0) is 18.9 Å². The van der Waals surface area contributed by atoms with Gasteiger partial charge in [0.05, 0.1) is 0 Å². The van der Waals surface area contributed by atoms with Crippen molar-refractivity contribution in [3.05, 3.63) is 37.1 Å². The molecule has 4 nitrogen and oxygen atoms in total. The van der Waals surface area contributed by atoms with Crippen LogP contribution in [0.2, 0.25) is 0 Å². The first-order valence-corrected chi connectivity index (χ1v) is 3.93. The summed E-state index contributed by atoms with van der Waals surface area (Å²) in [7, 11) is 1.65. The van der Waals surface area contributed by atoms with E-state index in [0.29, 0.717) is 11.7 Å². The van der Waals surface area contributed by atoms with Crippen molar-refractivity contribution in [1.29, 1.82) is 0 Å². The SMILES string of the molecule is C=C.C=NC(=NC)c1ccc(N)nc1. The zero-order valence-electron chi connectivity index (χ0n) is 8.27. The molecule has 1 aromatic rings. The van der Waals surface area contributed by atoms with Crippen molar-refractivity contribution in [3.63, 3.8) is 0 Å². The number of pyridine rings is 1. The van der Waals surface area contributed by atoms with Gasteiger partial charge < -0.3 is 5.73 Å². The molecule has 0 spiro atoms. The van der Waals surface area contributed by atoms with Crippen molar-refractivity contribution in [2.45, 2.75) is 0 Å². The smallest absolute Gasteiger partial charge is 0.155 e. The highest BCUT2D eigenvalue weighted by Crippen LogP contribution is 2.03. The number of amidine groups is 1. The summed E-state index contributed by atoms with van der Waals surface area (Å²) in [5, 5.41) is 0. The Kier molecular flexibility index (Phi) is 5.62. The monoisotopic (exact) mass is 190 g/mol. The highest BCUT2D eigenvalue weighted by molar-refractivity contribution is 6.01. The van der Waals surface area contributed by atoms with Crippen LogP contribution in [-0.2, 0) is 0 Å². The van der Waals surface area contributed by atoms with Gasteiger partial charge in [0, 0.05) is 18.8 Å². The van der Waals surface area contributed by atoms with E-state index in [4.69, 9.17) is 5.73 Å². The minimum Gasteiger partial charge on any atom is -0.384 e. The maximum Gasteiger partial charge on any atom is 0.155 e. The summed E-state index contributed by atoms with van der Waals surface area (Å²) in [6, 6.07) is 3.50. The summed E-state index contributed by atoms with van der Waals surface area (Å²) in [6.07, 6.45) is 1.62. The molecule has 0 aliphatic heterocycles. The maximum absolute atomic E-state index is 5.41. The van der Waals surface area contributed by atoms with E-state index in [0.717, 1.165) is 5.56 Å². The van der Waals surface area contributed by atoms with Crippen LogP contribution in [0, 0.1) is 0 Å². The summed E-state index contributed by atoms with van der Waals surface area (Å²) in [4.78, 5) is 11.5. The van der Waals surface area contributed by atoms with Gasteiger partial charge in [-0.1, -0.05) is 0 Å². The zero-order valence-corrected chi connectivity index (χ0v) is 8.27. The molecule has 0 bridgehead atoms. The van der Waals surface area contributed by atoms with E-state index >= 15 is 0 Å². The summed E-state index contributed by atoms with van der Waals surface area (Å²) in [5.41, 5.74) is 6.23. The van der Waals surface area contributed by atoms with Gasteiger partial charge in [-0.25, -0.2) is 9.98 Å². The molecule has 1 heterocycles. The van der Waals surface area contributed by atoms with E-state index in [-0.39, 0.29) is 0 Å². The maximum atomic E-state index is 5.41. The number of anilines is 1. The predicted molar refractivity (Wildman–Crippen MR) is 61.9 cm³/mol. The Morgan fingerprint density at radius 2 is 2.07 bits per heavy atom. The molecule has 0 aromatic carbocycles. The number of rotatable bonds is 1. The second-order valence-electron chi connectivity index (χ2n) is 2.18. The minimum atomic E-state index is 0.485. The minimum absolute atomic E-state index is 0.485. The Hall–Kier alpha value is -1.97. The van der Waals surface area contributed by atoms with Crippen LogP contribution in [0.4, 0.5) is 5.82 Å². The topological polar surface area (TPSA) is 63.6 Å². The van der Waals surface area contributed by atoms with Gasteiger partial charge in [0.2, 0.25) is 0 Å². The predicted octanol–water partition coefficient (Wildman–Crippen LogP) is 1.54.